The Balaban J connectivity index is 2.01. The first-order valence-corrected chi connectivity index (χ1v) is 6.73. The van der Waals surface area contributed by atoms with Crippen LogP contribution in [0.4, 0.5) is 11.4 Å². The smallest absolute Gasteiger partial charge is 0.0585 e. The van der Waals surface area contributed by atoms with Gasteiger partial charge in [-0.3, -0.25) is 0 Å². The summed E-state index contributed by atoms with van der Waals surface area (Å²) in [6.45, 7) is 3.33. The topological polar surface area (TPSA) is 38.0 Å². The summed E-state index contributed by atoms with van der Waals surface area (Å²) in [6.07, 6.45) is 5.34. The average Bonchev–Trinajstić information content (AvgIpc) is 2.22. The van der Waals surface area contributed by atoms with Crippen LogP contribution in [0.2, 0.25) is 0 Å². The maximum absolute atomic E-state index is 5.94. The van der Waals surface area contributed by atoms with Gasteiger partial charge >= 0.3 is 0 Å². The Morgan fingerprint density at radius 2 is 2.19 bits per heavy atom. The normalized spacial score (nSPS) is 17.9. The maximum atomic E-state index is 5.94. The second kappa shape index (κ2) is 4.66. The number of rotatable bonds is 4. The van der Waals surface area contributed by atoms with Gasteiger partial charge in [0.2, 0.25) is 0 Å². The van der Waals surface area contributed by atoms with Crippen LogP contribution in [0.15, 0.2) is 22.7 Å². The summed E-state index contributed by atoms with van der Waals surface area (Å²) in [6, 6.07) is 5.96. The minimum atomic E-state index is 0.523. The number of benzene rings is 1. The summed E-state index contributed by atoms with van der Waals surface area (Å²) >= 11 is 3.47. The Hall–Kier alpha value is -0.700. The standard InChI is InChI=1S/C13H19BrN2/c1-2-13(6-3-7-13)9-16-12-8-10(14)4-5-11(12)15/h4-5,8,16H,2-3,6-7,9,15H2,1H3. The molecule has 0 radical (unpaired) electrons. The van der Waals surface area contributed by atoms with Crippen molar-refractivity contribution >= 4 is 27.3 Å². The molecule has 2 nitrogen and oxygen atoms in total. The molecular formula is C13H19BrN2. The van der Waals surface area contributed by atoms with Gasteiger partial charge in [-0.15, -0.1) is 0 Å². The van der Waals surface area contributed by atoms with Crippen LogP contribution >= 0.6 is 15.9 Å². The van der Waals surface area contributed by atoms with Crippen molar-refractivity contribution in [2.75, 3.05) is 17.6 Å². The van der Waals surface area contributed by atoms with Gasteiger partial charge in [-0.1, -0.05) is 29.3 Å². The van der Waals surface area contributed by atoms with Gasteiger partial charge in [-0.05, 0) is 42.9 Å². The van der Waals surface area contributed by atoms with E-state index in [1.165, 1.54) is 25.7 Å². The largest absolute Gasteiger partial charge is 0.397 e. The average molecular weight is 283 g/mol. The lowest BCUT2D eigenvalue weighted by Crippen LogP contribution is -2.35. The van der Waals surface area contributed by atoms with Crippen molar-refractivity contribution < 1.29 is 0 Å². The van der Waals surface area contributed by atoms with Crippen molar-refractivity contribution in [3.8, 4) is 0 Å². The SMILES string of the molecule is CCC1(CNc2cc(Br)ccc2N)CCC1. The van der Waals surface area contributed by atoms with Crippen molar-refractivity contribution in [2.24, 2.45) is 5.41 Å². The fourth-order valence-corrected chi connectivity index (χ4v) is 2.66. The first-order chi connectivity index (χ1) is 7.65. The monoisotopic (exact) mass is 282 g/mol. The molecule has 0 bridgehead atoms. The zero-order valence-electron chi connectivity index (χ0n) is 9.72. The van der Waals surface area contributed by atoms with Crippen LogP contribution in [0, 0.1) is 5.41 Å². The number of hydrogen-bond donors (Lipinski definition) is 2. The molecule has 16 heavy (non-hydrogen) atoms. The van der Waals surface area contributed by atoms with Crippen LogP contribution in [0.3, 0.4) is 0 Å². The van der Waals surface area contributed by atoms with E-state index in [2.05, 4.69) is 34.2 Å². The number of nitrogens with two attached hydrogens (primary N) is 1. The van der Waals surface area contributed by atoms with E-state index in [1.54, 1.807) is 0 Å². The highest BCUT2D eigenvalue weighted by Crippen LogP contribution is 2.44. The quantitative estimate of drug-likeness (QED) is 0.819. The Bertz CT molecular complexity index is 367. The van der Waals surface area contributed by atoms with Gasteiger partial charge in [0.05, 0.1) is 11.4 Å². The Labute approximate surface area is 106 Å². The Kier molecular flexibility index (Phi) is 3.43. The zero-order valence-corrected chi connectivity index (χ0v) is 11.3. The molecule has 3 heteroatoms. The highest BCUT2D eigenvalue weighted by atomic mass is 79.9. The van der Waals surface area contributed by atoms with E-state index < -0.39 is 0 Å². The molecule has 0 heterocycles. The minimum Gasteiger partial charge on any atom is -0.397 e. The molecule has 1 aliphatic carbocycles. The number of nitrogen functional groups attached to an aromatic ring is 1. The maximum Gasteiger partial charge on any atom is 0.0585 e. The first kappa shape index (κ1) is 11.8. The van der Waals surface area contributed by atoms with Gasteiger partial charge in [-0.2, -0.15) is 0 Å². The van der Waals surface area contributed by atoms with E-state index in [1.807, 2.05) is 12.1 Å². The van der Waals surface area contributed by atoms with Crippen molar-refractivity contribution in [3.05, 3.63) is 22.7 Å². The lowest BCUT2D eigenvalue weighted by molar-refractivity contribution is 0.145. The van der Waals surface area contributed by atoms with Crippen LogP contribution in [-0.4, -0.2) is 6.54 Å². The van der Waals surface area contributed by atoms with Crippen LogP contribution < -0.4 is 11.1 Å². The van der Waals surface area contributed by atoms with Gasteiger partial charge in [-0.25, -0.2) is 0 Å². The molecule has 3 N–H and O–H groups in total. The van der Waals surface area contributed by atoms with E-state index in [9.17, 15) is 0 Å². The molecular weight excluding hydrogens is 264 g/mol. The predicted molar refractivity (Wildman–Crippen MR) is 73.6 cm³/mol. The molecule has 0 unspecified atom stereocenters. The van der Waals surface area contributed by atoms with Crippen molar-refractivity contribution in [1.29, 1.82) is 0 Å². The van der Waals surface area contributed by atoms with Crippen LogP contribution in [-0.2, 0) is 0 Å². The van der Waals surface area contributed by atoms with Gasteiger partial charge in [0, 0.05) is 11.0 Å². The van der Waals surface area contributed by atoms with Crippen molar-refractivity contribution in [1.82, 2.24) is 0 Å². The molecule has 1 fully saturated rings. The molecule has 0 aliphatic heterocycles. The van der Waals surface area contributed by atoms with Crippen molar-refractivity contribution in [2.45, 2.75) is 32.6 Å². The number of halogens is 1. The van der Waals surface area contributed by atoms with Gasteiger partial charge in [0.15, 0.2) is 0 Å². The van der Waals surface area contributed by atoms with Gasteiger partial charge in [0.25, 0.3) is 0 Å². The number of hydrogen-bond acceptors (Lipinski definition) is 2. The van der Waals surface area contributed by atoms with E-state index in [-0.39, 0.29) is 0 Å². The molecule has 0 saturated heterocycles. The summed E-state index contributed by atoms with van der Waals surface area (Å²) < 4.78 is 1.07. The van der Waals surface area contributed by atoms with E-state index in [4.69, 9.17) is 5.73 Å². The van der Waals surface area contributed by atoms with E-state index >= 15 is 0 Å². The Morgan fingerprint density at radius 1 is 1.44 bits per heavy atom. The summed E-state index contributed by atoms with van der Waals surface area (Å²) in [5.41, 5.74) is 8.34. The second-order valence-electron chi connectivity index (χ2n) is 4.79. The summed E-state index contributed by atoms with van der Waals surface area (Å²) in [4.78, 5) is 0. The summed E-state index contributed by atoms with van der Waals surface area (Å²) in [5.74, 6) is 0. The summed E-state index contributed by atoms with van der Waals surface area (Å²) in [5, 5.41) is 3.49. The van der Waals surface area contributed by atoms with Gasteiger partial charge < -0.3 is 11.1 Å². The molecule has 0 amide bonds. The van der Waals surface area contributed by atoms with E-state index in [0.717, 1.165) is 22.4 Å². The minimum absolute atomic E-state index is 0.523. The van der Waals surface area contributed by atoms with Crippen LogP contribution in [0.5, 0.6) is 0 Å². The third-order valence-electron chi connectivity index (χ3n) is 3.83. The number of nitrogens with one attached hydrogen (secondary N) is 1. The van der Waals surface area contributed by atoms with E-state index in [0.29, 0.717) is 5.41 Å². The molecule has 1 aromatic rings. The zero-order chi connectivity index (χ0) is 11.6. The third-order valence-corrected chi connectivity index (χ3v) is 4.33. The summed E-state index contributed by atoms with van der Waals surface area (Å²) in [7, 11) is 0. The molecule has 0 spiro atoms. The van der Waals surface area contributed by atoms with Crippen LogP contribution in [0.1, 0.15) is 32.6 Å². The molecule has 0 atom stereocenters. The lowest BCUT2D eigenvalue weighted by atomic mass is 9.67. The van der Waals surface area contributed by atoms with Gasteiger partial charge in [0.1, 0.15) is 0 Å². The fraction of sp³-hybridized carbons (Fsp3) is 0.538. The molecule has 1 aromatic carbocycles. The molecule has 1 aliphatic rings. The molecule has 1 saturated carbocycles. The highest BCUT2D eigenvalue weighted by Gasteiger charge is 2.34. The van der Waals surface area contributed by atoms with Crippen LogP contribution in [0.25, 0.3) is 0 Å². The molecule has 2 rings (SSSR count). The Morgan fingerprint density at radius 3 is 2.75 bits per heavy atom. The number of anilines is 2. The third kappa shape index (κ3) is 2.34. The fourth-order valence-electron chi connectivity index (χ4n) is 2.30. The second-order valence-corrected chi connectivity index (χ2v) is 5.71. The van der Waals surface area contributed by atoms with Crippen molar-refractivity contribution in [3.63, 3.8) is 0 Å². The highest BCUT2D eigenvalue weighted by molar-refractivity contribution is 9.10. The first-order valence-electron chi connectivity index (χ1n) is 5.94. The predicted octanol–water partition coefficient (Wildman–Crippen LogP) is 4.02. The molecule has 88 valence electrons. The lowest BCUT2D eigenvalue weighted by Gasteiger charge is -2.41. The molecule has 0 aromatic heterocycles.